The molecule has 1 saturated heterocycles. The molecule has 0 radical (unpaired) electrons. The number of nitrogens with zero attached hydrogens (tertiary/aromatic N) is 5. The fourth-order valence-corrected chi connectivity index (χ4v) is 4.44. The fourth-order valence-electron chi connectivity index (χ4n) is 3.63. The number of likely N-dealkylation sites (tertiary alicyclic amines) is 1. The number of aryl methyl sites for hydroxylation is 1. The molecule has 32 heavy (non-hydrogen) atoms. The quantitative estimate of drug-likeness (QED) is 0.477. The van der Waals surface area contributed by atoms with E-state index in [1.54, 1.807) is 36.5 Å². The number of rotatable bonds is 5. The predicted octanol–water partition coefficient (Wildman–Crippen LogP) is 3.36. The van der Waals surface area contributed by atoms with Crippen LogP contribution in [0.5, 0.6) is 0 Å². The van der Waals surface area contributed by atoms with Gasteiger partial charge in [0, 0.05) is 42.7 Å². The van der Waals surface area contributed by atoms with Gasteiger partial charge in [0.05, 0.1) is 11.9 Å². The Labute approximate surface area is 187 Å². The lowest BCUT2D eigenvalue weighted by atomic mass is 9.91. The van der Waals surface area contributed by atoms with Crippen LogP contribution in [0.4, 0.5) is 11.8 Å². The highest BCUT2D eigenvalue weighted by Crippen LogP contribution is 2.36. The second-order valence-corrected chi connectivity index (χ2v) is 8.54. The lowest BCUT2D eigenvalue weighted by molar-refractivity contribution is -0.143. The largest absolute Gasteiger partial charge is 0.375 e. The van der Waals surface area contributed by atoms with E-state index in [-0.39, 0.29) is 5.91 Å². The molecular weight excluding hydrogens is 428 g/mol. The van der Waals surface area contributed by atoms with Crippen molar-refractivity contribution in [1.82, 2.24) is 25.0 Å². The molecule has 4 heterocycles. The van der Waals surface area contributed by atoms with E-state index in [9.17, 15) is 9.90 Å². The molecule has 1 atom stereocenters. The van der Waals surface area contributed by atoms with Crippen LogP contribution in [0.15, 0.2) is 52.6 Å². The second-order valence-electron chi connectivity index (χ2n) is 7.68. The first-order valence-corrected chi connectivity index (χ1v) is 10.9. The summed E-state index contributed by atoms with van der Waals surface area (Å²) in [5.74, 6) is 0.588. The van der Waals surface area contributed by atoms with Gasteiger partial charge >= 0.3 is 0 Å². The third kappa shape index (κ3) is 3.53. The summed E-state index contributed by atoms with van der Waals surface area (Å²) < 4.78 is 5.15. The van der Waals surface area contributed by atoms with E-state index in [1.807, 2.05) is 30.5 Å². The van der Waals surface area contributed by atoms with Gasteiger partial charge in [-0.15, -0.1) is 11.3 Å². The lowest BCUT2D eigenvalue weighted by Crippen LogP contribution is -2.36. The maximum absolute atomic E-state index is 12.5. The molecule has 0 bridgehead atoms. The highest BCUT2D eigenvalue weighted by molar-refractivity contribution is 7.13. The molecule has 1 aliphatic heterocycles. The summed E-state index contributed by atoms with van der Waals surface area (Å²) in [4.78, 5) is 27.5. The Morgan fingerprint density at radius 2 is 2.12 bits per heavy atom. The van der Waals surface area contributed by atoms with Crippen LogP contribution in [0.2, 0.25) is 0 Å². The number of anilines is 2. The molecule has 0 aliphatic carbocycles. The van der Waals surface area contributed by atoms with E-state index >= 15 is 0 Å². The second kappa shape index (κ2) is 7.81. The molecule has 162 valence electrons. The van der Waals surface area contributed by atoms with Crippen molar-refractivity contribution < 1.29 is 14.4 Å². The zero-order valence-electron chi connectivity index (χ0n) is 17.4. The Bertz CT molecular complexity index is 1300. The molecule has 4 aromatic rings. The van der Waals surface area contributed by atoms with Crippen LogP contribution in [0, 0.1) is 6.92 Å². The normalized spacial score (nSPS) is 18.3. The zero-order valence-corrected chi connectivity index (χ0v) is 18.3. The average Bonchev–Trinajstić information content (AvgIpc) is 3.52. The monoisotopic (exact) mass is 448 g/mol. The van der Waals surface area contributed by atoms with Crippen molar-refractivity contribution in [1.29, 1.82) is 0 Å². The van der Waals surface area contributed by atoms with Gasteiger partial charge in [-0.3, -0.25) is 10.1 Å². The van der Waals surface area contributed by atoms with Crippen LogP contribution >= 0.6 is 11.3 Å². The Kier molecular flexibility index (Phi) is 4.95. The number of thiazole rings is 1. The third-order valence-corrected chi connectivity index (χ3v) is 6.38. The van der Waals surface area contributed by atoms with Crippen molar-refractivity contribution in [3.63, 3.8) is 0 Å². The standard InChI is InChI=1S/C22H20N6O3S/c1-13-11-24-31-18(13)27-21-23-8-6-16(26-21)17-12-32-19(25-17)14-4-3-5-15(10-14)22(30)7-9-28(2)20(22)29/h3-6,8,10-12,30H,7,9H2,1-2H3,(H,23,26,27)/t22-/m1/s1. The van der Waals surface area contributed by atoms with Gasteiger partial charge in [-0.05, 0) is 24.6 Å². The molecule has 0 spiro atoms. The van der Waals surface area contributed by atoms with Gasteiger partial charge in [-0.1, -0.05) is 23.4 Å². The van der Waals surface area contributed by atoms with Gasteiger partial charge in [0.1, 0.15) is 10.7 Å². The first-order valence-electron chi connectivity index (χ1n) is 10.0. The number of carbonyl (C=O) groups is 1. The van der Waals surface area contributed by atoms with Gasteiger partial charge in [0.25, 0.3) is 5.91 Å². The van der Waals surface area contributed by atoms with Crippen LogP contribution in [0.1, 0.15) is 17.5 Å². The van der Waals surface area contributed by atoms with Crippen molar-refractivity contribution in [2.75, 3.05) is 18.9 Å². The Balaban J connectivity index is 1.42. The Morgan fingerprint density at radius 1 is 1.25 bits per heavy atom. The van der Waals surface area contributed by atoms with E-state index in [0.29, 0.717) is 41.7 Å². The minimum Gasteiger partial charge on any atom is -0.375 e. The topological polar surface area (TPSA) is 117 Å². The zero-order chi connectivity index (χ0) is 22.3. The molecule has 2 N–H and O–H groups in total. The summed E-state index contributed by atoms with van der Waals surface area (Å²) in [6, 6.07) is 9.14. The molecule has 9 nitrogen and oxygen atoms in total. The SMILES string of the molecule is Cc1cnoc1Nc1nccc(-c2csc(-c3cccc([C@]4(O)CCN(C)C4=O)c3)n2)n1. The molecule has 1 amide bonds. The first-order chi connectivity index (χ1) is 15.4. The summed E-state index contributed by atoms with van der Waals surface area (Å²) >= 11 is 1.47. The molecule has 0 saturated carbocycles. The number of amides is 1. The smallest absolute Gasteiger partial charge is 0.258 e. The van der Waals surface area contributed by atoms with Crippen molar-refractivity contribution >= 4 is 29.1 Å². The van der Waals surface area contributed by atoms with Crippen LogP contribution in [-0.2, 0) is 10.4 Å². The van der Waals surface area contributed by atoms with E-state index in [1.165, 1.54) is 11.3 Å². The van der Waals surface area contributed by atoms with Crippen molar-refractivity contribution in [3.05, 3.63) is 59.2 Å². The Morgan fingerprint density at radius 3 is 2.88 bits per heavy atom. The number of hydrogen-bond acceptors (Lipinski definition) is 9. The van der Waals surface area contributed by atoms with E-state index in [2.05, 4.69) is 20.4 Å². The van der Waals surface area contributed by atoms with Gasteiger partial charge in [-0.25, -0.2) is 15.0 Å². The predicted molar refractivity (Wildman–Crippen MR) is 119 cm³/mol. The number of likely N-dealkylation sites (N-methyl/N-ethyl adjacent to an activating group) is 1. The van der Waals surface area contributed by atoms with Crippen LogP contribution in [-0.4, -0.2) is 49.6 Å². The highest BCUT2D eigenvalue weighted by atomic mass is 32.1. The van der Waals surface area contributed by atoms with Crippen molar-refractivity contribution in [3.8, 4) is 22.0 Å². The number of hydrogen-bond donors (Lipinski definition) is 2. The van der Waals surface area contributed by atoms with Gasteiger partial charge in [-0.2, -0.15) is 0 Å². The summed E-state index contributed by atoms with van der Waals surface area (Å²) in [5, 5.41) is 20.4. The molecule has 1 aromatic carbocycles. The number of aliphatic hydroxyl groups is 1. The molecule has 0 unspecified atom stereocenters. The molecular formula is C22H20N6O3S. The number of aromatic nitrogens is 4. The first kappa shape index (κ1) is 20.3. The number of nitrogens with one attached hydrogen (secondary N) is 1. The highest BCUT2D eigenvalue weighted by Gasteiger charge is 2.45. The van der Waals surface area contributed by atoms with Crippen molar-refractivity contribution in [2.24, 2.45) is 0 Å². The van der Waals surface area contributed by atoms with E-state index in [0.717, 1.165) is 16.1 Å². The molecule has 3 aromatic heterocycles. The molecule has 1 fully saturated rings. The lowest BCUT2D eigenvalue weighted by Gasteiger charge is -2.21. The fraction of sp³-hybridized carbons (Fsp3) is 0.227. The number of benzene rings is 1. The third-order valence-electron chi connectivity index (χ3n) is 5.49. The van der Waals surface area contributed by atoms with Gasteiger partial charge < -0.3 is 14.5 Å². The van der Waals surface area contributed by atoms with Crippen molar-refractivity contribution in [2.45, 2.75) is 18.9 Å². The minimum absolute atomic E-state index is 0.280. The summed E-state index contributed by atoms with van der Waals surface area (Å²) in [6.45, 7) is 2.40. The van der Waals surface area contributed by atoms with Crippen LogP contribution in [0.25, 0.3) is 22.0 Å². The van der Waals surface area contributed by atoms with Crippen LogP contribution < -0.4 is 5.32 Å². The van der Waals surface area contributed by atoms with Crippen LogP contribution in [0.3, 0.4) is 0 Å². The average molecular weight is 449 g/mol. The Hall–Kier alpha value is -3.63. The molecule has 10 heteroatoms. The summed E-state index contributed by atoms with van der Waals surface area (Å²) in [6.07, 6.45) is 3.63. The number of carbonyl (C=O) groups excluding carboxylic acids is 1. The van der Waals surface area contributed by atoms with Gasteiger partial charge in [0.2, 0.25) is 11.8 Å². The van der Waals surface area contributed by atoms with E-state index < -0.39 is 5.60 Å². The molecule has 1 aliphatic rings. The molecule has 5 rings (SSSR count). The maximum Gasteiger partial charge on any atom is 0.258 e. The van der Waals surface area contributed by atoms with E-state index in [4.69, 9.17) is 9.51 Å². The maximum atomic E-state index is 12.5. The minimum atomic E-state index is -1.49. The summed E-state index contributed by atoms with van der Waals surface area (Å²) in [5.41, 5.74) is 2.13. The van der Waals surface area contributed by atoms with Gasteiger partial charge in [0.15, 0.2) is 5.60 Å². The summed E-state index contributed by atoms with van der Waals surface area (Å²) in [7, 11) is 1.70.